The Labute approximate surface area is 188 Å². The van der Waals surface area contributed by atoms with E-state index in [2.05, 4.69) is 77.4 Å². The zero-order valence-corrected chi connectivity index (χ0v) is 19.1. The van der Waals surface area contributed by atoms with Crippen molar-refractivity contribution in [2.45, 2.75) is 39.0 Å². The van der Waals surface area contributed by atoms with Gasteiger partial charge in [0.2, 0.25) is 0 Å². The minimum Gasteiger partial charge on any atom is -0.381 e. The highest BCUT2D eigenvalue weighted by atomic mass is 16.5. The lowest BCUT2D eigenvalue weighted by molar-refractivity contribution is 0.102. The number of fused-ring (bicyclic) bond motifs is 1. The lowest BCUT2D eigenvalue weighted by Gasteiger charge is -2.34. The van der Waals surface area contributed by atoms with Gasteiger partial charge in [-0.15, -0.1) is 0 Å². The number of piperidine rings is 1. The lowest BCUT2D eigenvalue weighted by atomic mass is 9.94. The Morgan fingerprint density at radius 2 is 1.65 bits per heavy atom. The van der Waals surface area contributed by atoms with Crippen molar-refractivity contribution in [2.75, 3.05) is 50.8 Å². The zero-order chi connectivity index (χ0) is 21.3. The minimum absolute atomic E-state index is 0.852. The van der Waals surface area contributed by atoms with Crippen LogP contribution < -0.4 is 4.90 Å². The topological polar surface area (TPSA) is 15.7 Å². The molecule has 0 aromatic heterocycles. The number of para-hydroxylation sites is 1. The average molecular weight is 419 g/mol. The zero-order valence-electron chi connectivity index (χ0n) is 19.1. The predicted octanol–water partition coefficient (Wildman–Crippen LogP) is 5.86. The molecule has 2 aliphatic rings. The summed E-state index contributed by atoms with van der Waals surface area (Å²) in [7, 11) is 0. The number of benzene rings is 2. The fraction of sp³-hybridized carbons (Fsp3) is 0.500. The standard InChI is InChI=1S/C28H38N2O/c1-2-22-31-23-16-24-14-18-29(19-15-24)20-21-30-17-8-12-26(25-9-4-3-5-10-25)27-11-6-7-13-28(27)30/h3-7,9-13,24H,2,8,14-23H2,1H3. The molecule has 0 saturated carbocycles. The maximum atomic E-state index is 5.70. The number of nitrogens with zero attached hydrogens (tertiary/aromatic N) is 2. The van der Waals surface area contributed by atoms with Crippen LogP contribution in [0.15, 0.2) is 60.7 Å². The first-order valence-corrected chi connectivity index (χ1v) is 12.2. The molecule has 0 unspecified atom stereocenters. The largest absolute Gasteiger partial charge is 0.381 e. The molecule has 2 heterocycles. The molecule has 0 N–H and O–H groups in total. The lowest BCUT2D eigenvalue weighted by Crippen LogP contribution is -2.40. The monoisotopic (exact) mass is 418 g/mol. The molecular formula is C28H38N2O. The van der Waals surface area contributed by atoms with E-state index in [1.54, 1.807) is 0 Å². The molecule has 2 aliphatic heterocycles. The third kappa shape index (κ3) is 5.99. The van der Waals surface area contributed by atoms with Crippen LogP contribution in [0, 0.1) is 5.92 Å². The van der Waals surface area contributed by atoms with Gasteiger partial charge >= 0.3 is 0 Å². The van der Waals surface area contributed by atoms with E-state index in [4.69, 9.17) is 4.74 Å². The summed E-state index contributed by atoms with van der Waals surface area (Å²) < 4.78 is 5.70. The first-order chi connectivity index (χ1) is 15.3. The summed E-state index contributed by atoms with van der Waals surface area (Å²) >= 11 is 0. The second-order valence-electron chi connectivity index (χ2n) is 8.96. The normalized spacial score (nSPS) is 17.8. The van der Waals surface area contributed by atoms with Crippen LogP contribution in [0.3, 0.4) is 0 Å². The van der Waals surface area contributed by atoms with E-state index in [1.165, 1.54) is 54.7 Å². The van der Waals surface area contributed by atoms with Crippen molar-refractivity contribution in [3.05, 3.63) is 71.8 Å². The maximum Gasteiger partial charge on any atom is 0.0468 e. The van der Waals surface area contributed by atoms with Crippen LogP contribution in [-0.4, -0.2) is 50.8 Å². The van der Waals surface area contributed by atoms with Gasteiger partial charge in [-0.25, -0.2) is 0 Å². The molecule has 0 radical (unpaired) electrons. The van der Waals surface area contributed by atoms with Crippen LogP contribution >= 0.6 is 0 Å². The Hall–Kier alpha value is -2.10. The van der Waals surface area contributed by atoms with Gasteiger partial charge in [-0.05, 0) is 68.3 Å². The Kier molecular flexibility index (Phi) is 8.20. The van der Waals surface area contributed by atoms with Crippen molar-refractivity contribution in [1.29, 1.82) is 0 Å². The van der Waals surface area contributed by atoms with Crippen molar-refractivity contribution < 1.29 is 4.74 Å². The van der Waals surface area contributed by atoms with Crippen LogP contribution in [0.25, 0.3) is 5.57 Å². The maximum absolute atomic E-state index is 5.70. The SMILES string of the molecule is CCCOCCC1CCN(CCN2CCC=C(c3ccccc3)c3ccccc32)CC1. The Morgan fingerprint density at radius 1 is 0.871 bits per heavy atom. The summed E-state index contributed by atoms with van der Waals surface area (Å²) in [5.74, 6) is 0.852. The van der Waals surface area contributed by atoms with Gasteiger partial charge in [-0.2, -0.15) is 0 Å². The smallest absolute Gasteiger partial charge is 0.0468 e. The fourth-order valence-corrected chi connectivity index (χ4v) is 4.95. The quantitative estimate of drug-likeness (QED) is 0.475. The molecule has 0 spiro atoms. The first-order valence-electron chi connectivity index (χ1n) is 12.2. The van der Waals surface area contributed by atoms with Gasteiger partial charge in [-0.1, -0.05) is 61.5 Å². The minimum atomic E-state index is 0.852. The van der Waals surface area contributed by atoms with E-state index in [0.717, 1.165) is 51.6 Å². The van der Waals surface area contributed by atoms with Gasteiger partial charge in [0, 0.05) is 44.1 Å². The molecule has 0 aliphatic carbocycles. The van der Waals surface area contributed by atoms with Crippen LogP contribution in [0.2, 0.25) is 0 Å². The molecule has 0 atom stereocenters. The second kappa shape index (κ2) is 11.5. The van der Waals surface area contributed by atoms with Crippen LogP contribution in [0.1, 0.15) is 50.2 Å². The number of hydrogen-bond donors (Lipinski definition) is 0. The third-order valence-corrected chi connectivity index (χ3v) is 6.78. The van der Waals surface area contributed by atoms with Gasteiger partial charge in [0.15, 0.2) is 0 Å². The van der Waals surface area contributed by atoms with Gasteiger partial charge < -0.3 is 14.5 Å². The van der Waals surface area contributed by atoms with Crippen LogP contribution in [0.4, 0.5) is 5.69 Å². The molecule has 4 rings (SSSR count). The van der Waals surface area contributed by atoms with E-state index in [9.17, 15) is 0 Å². The summed E-state index contributed by atoms with van der Waals surface area (Å²) in [6, 6.07) is 19.8. The second-order valence-corrected chi connectivity index (χ2v) is 8.96. The summed E-state index contributed by atoms with van der Waals surface area (Å²) in [5, 5.41) is 0. The Morgan fingerprint density at radius 3 is 2.45 bits per heavy atom. The van der Waals surface area contributed by atoms with Crippen molar-refractivity contribution >= 4 is 11.3 Å². The van der Waals surface area contributed by atoms with Crippen molar-refractivity contribution in [2.24, 2.45) is 5.92 Å². The highest BCUT2D eigenvalue weighted by Crippen LogP contribution is 2.34. The molecule has 1 fully saturated rings. The highest BCUT2D eigenvalue weighted by molar-refractivity contribution is 5.87. The van der Waals surface area contributed by atoms with Crippen LogP contribution in [-0.2, 0) is 4.74 Å². The summed E-state index contributed by atoms with van der Waals surface area (Å²) in [4.78, 5) is 5.27. The predicted molar refractivity (Wildman–Crippen MR) is 132 cm³/mol. The van der Waals surface area contributed by atoms with Gasteiger partial charge in [-0.3, -0.25) is 0 Å². The summed E-state index contributed by atoms with van der Waals surface area (Å²) in [5.41, 5.74) is 5.46. The number of rotatable bonds is 9. The van der Waals surface area contributed by atoms with Gasteiger partial charge in [0.25, 0.3) is 0 Å². The van der Waals surface area contributed by atoms with E-state index in [1.807, 2.05) is 0 Å². The average Bonchev–Trinajstić information content (AvgIpc) is 3.01. The molecule has 3 heteroatoms. The van der Waals surface area contributed by atoms with Crippen molar-refractivity contribution in [3.63, 3.8) is 0 Å². The number of likely N-dealkylation sites (tertiary alicyclic amines) is 1. The molecule has 0 bridgehead atoms. The van der Waals surface area contributed by atoms with Crippen LogP contribution in [0.5, 0.6) is 0 Å². The van der Waals surface area contributed by atoms with Gasteiger partial charge in [0.1, 0.15) is 0 Å². The highest BCUT2D eigenvalue weighted by Gasteiger charge is 2.21. The van der Waals surface area contributed by atoms with Crippen molar-refractivity contribution in [3.8, 4) is 0 Å². The van der Waals surface area contributed by atoms with E-state index in [-0.39, 0.29) is 0 Å². The molecule has 1 saturated heterocycles. The van der Waals surface area contributed by atoms with E-state index in [0.29, 0.717) is 0 Å². The van der Waals surface area contributed by atoms with Gasteiger partial charge in [0.05, 0.1) is 0 Å². The third-order valence-electron chi connectivity index (χ3n) is 6.78. The van der Waals surface area contributed by atoms with Crippen molar-refractivity contribution in [1.82, 2.24) is 4.90 Å². The molecule has 3 nitrogen and oxygen atoms in total. The van der Waals surface area contributed by atoms with E-state index >= 15 is 0 Å². The summed E-state index contributed by atoms with van der Waals surface area (Å²) in [6.07, 6.45) is 8.54. The molecule has 166 valence electrons. The fourth-order valence-electron chi connectivity index (χ4n) is 4.95. The first kappa shape index (κ1) is 22.1. The number of ether oxygens (including phenoxy) is 1. The Bertz CT molecular complexity index is 824. The number of anilines is 1. The summed E-state index contributed by atoms with van der Waals surface area (Å²) in [6.45, 7) is 9.88. The van der Waals surface area contributed by atoms with E-state index < -0.39 is 0 Å². The molecule has 31 heavy (non-hydrogen) atoms. The molecule has 2 aromatic rings. The number of hydrogen-bond acceptors (Lipinski definition) is 3. The molecular weight excluding hydrogens is 380 g/mol. The molecule has 2 aromatic carbocycles. The Balaban J connectivity index is 1.33. The molecule has 0 amide bonds.